The highest BCUT2D eigenvalue weighted by Gasteiger charge is 2.35. The molecule has 28 heavy (non-hydrogen) atoms. The number of thioether (sulfide) groups is 1. The van der Waals surface area contributed by atoms with Crippen LogP contribution in [-0.2, 0) is 9.53 Å². The summed E-state index contributed by atoms with van der Waals surface area (Å²) >= 11 is 1.81. The Labute approximate surface area is 170 Å². The predicted molar refractivity (Wildman–Crippen MR) is 112 cm³/mol. The fourth-order valence-electron chi connectivity index (χ4n) is 3.91. The molecule has 0 N–H and O–H groups in total. The lowest BCUT2D eigenvalue weighted by Crippen LogP contribution is -2.33. The minimum Gasteiger partial charge on any atom is -0.493 e. The number of nitrogens with zero attached hydrogens (tertiary/aromatic N) is 3. The smallest absolute Gasteiger partial charge is 0.263 e. The molecule has 0 aromatic rings. The van der Waals surface area contributed by atoms with Gasteiger partial charge in [0.1, 0.15) is 23.3 Å². The standard InChI is InChI=1S/C21H28FN3O2S/c1-25(2)14-5-7-16(8-6-14)28-12-19-23-18-10-15(27-11-13-3-4-13)9-17(22)20(18)21(26)24-19/h9-10,13-14,16,20H,3-8,11-12H2,1-2H3. The summed E-state index contributed by atoms with van der Waals surface area (Å²) in [6.07, 6.45) is 10.1. The molecule has 7 heteroatoms. The molecule has 3 aliphatic carbocycles. The van der Waals surface area contributed by atoms with Gasteiger partial charge in [0.25, 0.3) is 5.91 Å². The Morgan fingerprint density at radius 1 is 1.14 bits per heavy atom. The van der Waals surface area contributed by atoms with Crippen molar-refractivity contribution in [2.45, 2.75) is 49.8 Å². The van der Waals surface area contributed by atoms with Crippen molar-refractivity contribution in [2.75, 3.05) is 26.5 Å². The molecular weight excluding hydrogens is 377 g/mol. The molecule has 1 amide bonds. The number of hydrogen-bond donors (Lipinski definition) is 0. The van der Waals surface area contributed by atoms with E-state index >= 15 is 0 Å². The van der Waals surface area contributed by atoms with E-state index in [1.54, 1.807) is 6.08 Å². The molecule has 0 aromatic heterocycles. The average Bonchev–Trinajstić information content (AvgIpc) is 3.49. The highest BCUT2D eigenvalue weighted by molar-refractivity contribution is 8.00. The number of amidine groups is 1. The van der Waals surface area contributed by atoms with Gasteiger partial charge in [-0.15, -0.1) is 0 Å². The number of ether oxygens (including phenoxy) is 1. The predicted octanol–water partition coefficient (Wildman–Crippen LogP) is 3.77. The van der Waals surface area contributed by atoms with Gasteiger partial charge >= 0.3 is 0 Å². The Bertz CT molecular complexity index is 747. The number of amides is 1. The summed E-state index contributed by atoms with van der Waals surface area (Å²) < 4.78 is 20.1. The molecule has 152 valence electrons. The van der Waals surface area contributed by atoms with Crippen molar-refractivity contribution in [3.05, 3.63) is 23.7 Å². The number of allylic oxidation sites excluding steroid dienone is 2. The van der Waals surface area contributed by atoms with Gasteiger partial charge in [-0.3, -0.25) is 4.79 Å². The first kappa shape index (κ1) is 19.8. The molecule has 2 saturated carbocycles. The summed E-state index contributed by atoms with van der Waals surface area (Å²) in [7, 11) is 4.28. The van der Waals surface area contributed by atoms with E-state index in [0.29, 0.717) is 46.9 Å². The zero-order chi connectivity index (χ0) is 19.7. The van der Waals surface area contributed by atoms with Crippen molar-refractivity contribution in [3.8, 4) is 0 Å². The average molecular weight is 406 g/mol. The lowest BCUT2D eigenvalue weighted by molar-refractivity contribution is -0.119. The number of carbonyl (C=O) groups excluding carboxylic acids is 1. The summed E-state index contributed by atoms with van der Waals surface area (Å²) in [4.78, 5) is 23.2. The first-order valence-corrected chi connectivity index (χ1v) is 11.2. The molecule has 0 saturated heterocycles. The van der Waals surface area contributed by atoms with Gasteiger partial charge in [0.2, 0.25) is 0 Å². The van der Waals surface area contributed by atoms with Crippen molar-refractivity contribution in [1.82, 2.24) is 4.90 Å². The summed E-state index contributed by atoms with van der Waals surface area (Å²) in [6, 6.07) is 0.669. The summed E-state index contributed by atoms with van der Waals surface area (Å²) in [5.74, 6) is 0.180. The van der Waals surface area contributed by atoms with E-state index in [1.807, 2.05) is 11.8 Å². The maximum Gasteiger partial charge on any atom is 0.263 e. The van der Waals surface area contributed by atoms with Crippen LogP contribution >= 0.6 is 11.8 Å². The fraction of sp³-hybridized carbons (Fsp3) is 0.667. The number of hydrogen-bond acceptors (Lipinski definition) is 5. The Kier molecular flexibility index (Phi) is 6.01. The molecule has 0 bridgehead atoms. The Hall–Kier alpha value is -1.47. The first-order valence-electron chi connectivity index (χ1n) is 10.2. The normalized spacial score (nSPS) is 30.3. The SMILES string of the molecule is CN(C)C1CCC(SCC2=NC(=O)C3C(F)=CC(OCC4CC4)=CC3=N2)CC1. The van der Waals surface area contributed by atoms with E-state index in [1.165, 1.54) is 44.6 Å². The van der Waals surface area contributed by atoms with E-state index in [4.69, 9.17) is 4.74 Å². The fourth-order valence-corrected chi connectivity index (χ4v) is 5.02. The third-order valence-electron chi connectivity index (χ3n) is 5.89. The number of fused-ring (bicyclic) bond motifs is 1. The van der Waals surface area contributed by atoms with Crippen LogP contribution in [0.2, 0.25) is 0 Å². The second kappa shape index (κ2) is 8.49. The van der Waals surface area contributed by atoms with Crippen molar-refractivity contribution >= 4 is 29.2 Å². The highest BCUT2D eigenvalue weighted by Crippen LogP contribution is 2.33. The number of halogens is 1. The molecule has 1 aliphatic heterocycles. The largest absolute Gasteiger partial charge is 0.493 e. The van der Waals surface area contributed by atoms with Gasteiger partial charge in [0.15, 0.2) is 0 Å². The zero-order valence-corrected chi connectivity index (χ0v) is 17.4. The van der Waals surface area contributed by atoms with Crippen LogP contribution in [0.1, 0.15) is 38.5 Å². The van der Waals surface area contributed by atoms with Gasteiger partial charge in [0.05, 0.1) is 18.1 Å². The van der Waals surface area contributed by atoms with Crippen LogP contribution in [0.4, 0.5) is 4.39 Å². The Morgan fingerprint density at radius 3 is 2.57 bits per heavy atom. The molecule has 5 nitrogen and oxygen atoms in total. The topological polar surface area (TPSA) is 54.3 Å². The van der Waals surface area contributed by atoms with Crippen LogP contribution in [0.3, 0.4) is 0 Å². The zero-order valence-electron chi connectivity index (χ0n) is 16.6. The Balaban J connectivity index is 1.36. The van der Waals surface area contributed by atoms with E-state index in [-0.39, 0.29) is 0 Å². The monoisotopic (exact) mass is 405 g/mol. The lowest BCUT2D eigenvalue weighted by Gasteiger charge is -2.32. The maximum atomic E-state index is 14.4. The van der Waals surface area contributed by atoms with Crippen LogP contribution in [0.5, 0.6) is 0 Å². The molecule has 4 rings (SSSR count). The molecule has 0 aromatic carbocycles. The van der Waals surface area contributed by atoms with Crippen LogP contribution in [-0.4, -0.2) is 60.1 Å². The maximum absolute atomic E-state index is 14.4. The van der Waals surface area contributed by atoms with Gasteiger partial charge < -0.3 is 9.64 Å². The minimum atomic E-state index is -0.988. The molecular formula is C21H28FN3O2S. The minimum absolute atomic E-state index is 0.428. The third-order valence-corrected chi connectivity index (χ3v) is 7.26. The van der Waals surface area contributed by atoms with Gasteiger partial charge in [-0.2, -0.15) is 16.8 Å². The molecule has 1 heterocycles. The van der Waals surface area contributed by atoms with E-state index in [9.17, 15) is 9.18 Å². The van der Waals surface area contributed by atoms with E-state index < -0.39 is 17.7 Å². The summed E-state index contributed by atoms with van der Waals surface area (Å²) in [5.41, 5.74) is 0.428. The number of aliphatic imine (C=N–C) groups is 2. The first-order chi connectivity index (χ1) is 13.5. The van der Waals surface area contributed by atoms with E-state index in [0.717, 1.165) is 0 Å². The summed E-state index contributed by atoms with van der Waals surface area (Å²) in [6.45, 7) is 0.605. The molecule has 2 fully saturated rings. The number of rotatable bonds is 7. The van der Waals surface area contributed by atoms with Crippen molar-refractivity contribution in [1.29, 1.82) is 0 Å². The van der Waals surface area contributed by atoms with Crippen LogP contribution in [0.15, 0.2) is 33.7 Å². The molecule has 1 atom stereocenters. The van der Waals surface area contributed by atoms with Crippen LogP contribution in [0.25, 0.3) is 0 Å². The molecule has 1 unspecified atom stereocenters. The van der Waals surface area contributed by atoms with Gasteiger partial charge in [-0.1, -0.05) is 0 Å². The second-order valence-corrected chi connectivity index (χ2v) is 9.66. The lowest BCUT2D eigenvalue weighted by atomic mass is 9.94. The molecule has 0 spiro atoms. The summed E-state index contributed by atoms with van der Waals surface area (Å²) in [5, 5.41) is 0.572. The van der Waals surface area contributed by atoms with Gasteiger partial charge in [-0.25, -0.2) is 9.38 Å². The quantitative estimate of drug-likeness (QED) is 0.647. The van der Waals surface area contributed by atoms with Crippen molar-refractivity contribution in [3.63, 3.8) is 0 Å². The molecule has 0 radical (unpaired) electrons. The van der Waals surface area contributed by atoms with Crippen LogP contribution in [0, 0.1) is 11.8 Å². The Morgan fingerprint density at radius 2 is 1.89 bits per heavy atom. The van der Waals surface area contributed by atoms with Crippen molar-refractivity contribution in [2.24, 2.45) is 21.8 Å². The second-order valence-electron chi connectivity index (χ2n) is 8.37. The number of carbonyl (C=O) groups is 1. The molecule has 4 aliphatic rings. The van der Waals surface area contributed by atoms with Gasteiger partial charge in [0, 0.05) is 23.4 Å². The van der Waals surface area contributed by atoms with E-state index in [2.05, 4.69) is 29.0 Å². The van der Waals surface area contributed by atoms with Crippen molar-refractivity contribution < 1.29 is 13.9 Å². The highest BCUT2D eigenvalue weighted by atomic mass is 32.2. The third kappa shape index (κ3) is 4.74. The van der Waals surface area contributed by atoms with Crippen LogP contribution < -0.4 is 0 Å². The van der Waals surface area contributed by atoms with Gasteiger partial charge in [-0.05, 0) is 58.5 Å².